The average molecular weight is 438 g/mol. The van der Waals surface area contributed by atoms with E-state index < -0.39 is 5.91 Å². The van der Waals surface area contributed by atoms with Crippen molar-refractivity contribution in [1.82, 2.24) is 10.2 Å². The van der Waals surface area contributed by atoms with Gasteiger partial charge in [-0.05, 0) is 42.8 Å². The third-order valence-corrected chi connectivity index (χ3v) is 5.71. The molecule has 8 nitrogen and oxygen atoms in total. The molecule has 2 heterocycles. The van der Waals surface area contributed by atoms with Gasteiger partial charge in [-0.15, -0.1) is 0 Å². The number of amidine groups is 2. The highest BCUT2D eigenvalue weighted by molar-refractivity contribution is 6.40. The van der Waals surface area contributed by atoms with Gasteiger partial charge in [0.1, 0.15) is 17.4 Å². The number of aliphatic imine (C=N–C) groups is 2. The van der Waals surface area contributed by atoms with E-state index >= 15 is 0 Å². The molecule has 1 aromatic carbocycles. The number of nitrogens with zero attached hydrogens (tertiary/aromatic N) is 3. The highest BCUT2D eigenvalue weighted by Crippen LogP contribution is 2.24. The molecule has 1 aromatic rings. The Morgan fingerprint density at radius 3 is 2.79 bits per heavy atom. The first-order valence-electron chi connectivity index (χ1n) is 9.46. The third-order valence-electron chi connectivity index (χ3n) is 5.11. The van der Waals surface area contributed by atoms with Crippen LogP contribution in [0.1, 0.15) is 18.4 Å². The van der Waals surface area contributed by atoms with E-state index in [1.165, 1.54) is 0 Å². The van der Waals surface area contributed by atoms with Gasteiger partial charge in [-0.2, -0.15) is 4.99 Å². The molecule has 0 saturated carbocycles. The third kappa shape index (κ3) is 5.76. The molecule has 0 spiro atoms. The summed E-state index contributed by atoms with van der Waals surface area (Å²) >= 11 is 12.4. The quantitative estimate of drug-likeness (QED) is 0.378. The van der Waals surface area contributed by atoms with Gasteiger partial charge >= 0.3 is 0 Å². The summed E-state index contributed by atoms with van der Waals surface area (Å²) in [7, 11) is 0. The zero-order chi connectivity index (χ0) is 21.0. The standard InChI is InChI=1S/C19H25Cl2N7O/c20-13-1-2-14(21)12(6-13)10-28-4-3-26-18(24)16(28)7-15(22)19(29)27-17(23)5-11-8-25-9-11/h1-2,6,11,16,22,25H,3-5,7-10H2,(H2,24,26)(H2,23,27,29). The molecule has 1 fully saturated rings. The number of rotatable bonds is 7. The molecule has 29 heavy (non-hydrogen) atoms. The summed E-state index contributed by atoms with van der Waals surface area (Å²) in [4.78, 5) is 22.6. The van der Waals surface area contributed by atoms with Crippen LogP contribution in [0.2, 0.25) is 10.0 Å². The lowest BCUT2D eigenvalue weighted by atomic mass is 9.99. The van der Waals surface area contributed by atoms with Gasteiger partial charge in [0.2, 0.25) is 0 Å². The molecule has 6 N–H and O–H groups in total. The number of carbonyl (C=O) groups excluding carboxylic acids is 1. The van der Waals surface area contributed by atoms with Crippen LogP contribution in [0, 0.1) is 11.3 Å². The minimum Gasteiger partial charge on any atom is -0.387 e. The maximum atomic E-state index is 12.3. The highest BCUT2D eigenvalue weighted by atomic mass is 35.5. The van der Waals surface area contributed by atoms with Crippen LogP contribution < -0.4 is 16.8 Å². The van der Waals surface area contributed by atoms with Crippen molar-refractivity contribution in [2.24, 2.45) is 27.4 Å². The Kier molecular flexibility index (Phi) is 7.23. The first-order valence-corrected chi connectivity index (χ1v) is 10.2. The predicted molar refractivity (Wildman–Crippen MR) is 117 cm³/mol. The van der Waals surface area contributed by atoms with Gasteiger partial charge in [-0.3, -0.25) is 20.1 Å². The van der Waals surface area contributed by atoms with Crippen LogP contribution in [0.3, 0.4) is 0 Å². The number of nitrogens with one attached hydrogen (secondary N) is 2. The number of halogens is 2. The van der Waals surface area contributed by atoms with Crippen molar-refractivity contribution >= 4 is 46.5 Å². The van der Waals surface area contributed by atoms with Gasteiger partial charge in [0.15, 0.2) is 0 Å². The normalized spacial score (nSPS) is 20.8. The van der Waals surface area contributed by atoms with Crippen molar-refractivity contribution in [3.05, 3.63) is 33.8 Å². The van der Waals surface area contributed by atoms with Crippen molar-refractivity contribution in [3.63, 3.8) is 0 Å². The van der Waals surface area contributed by atoms with Gasteiger partial charge in [-0.25, -0.2) is 0 Å². The zero-order valence-electron chi connectivity index (χ0n) is 16.0. The maximum Gasteiger partial charge on any atom is 0.292 e. The molecule has 10 heteroatoms. The maximum absolute atomic E-state index is 12.3. The SMILES string of the molecule is N=C(CC1C(N)=NCCN1Cc1cc(Cl)ccc1Cl)C(=O)N=C(N)CC1CNC1. The molecule has 3 rings (SSSR count). The fourth-order valence-corrected chi connectivity index (χ4v) is 3.75. The van der Waals surface area contributed by atoms with Crippen molar-refractivity contribution in [2.45, 2.75) is 25.4 Å². The molecular weight excluding hydrogens is 413 g/mol. The van der Waals surface area contributed by atoms with Crippen LogP contribution >= 0.6 is 23.2 Å². The minimum atomic E-state index is -0.631. The zero-order valence-corrected chi connectivity index (χ0v) is 17.5. The van der Waals surface area contributed by atoms with Gasteiger partial charge in [0.25, 0.3) is 5.91 Å². The number of hydrogen-bond donors (Lipinski definition) is 4. The lowest BCUT2D eigenvalue weighted by Gasteiger charge is -2.34. The fraction of sp³-hybridized carbons (Fsp3) is 0.474. The fourth-order valence-electron chi connectivity index (χ4n) is 3.37. The van der Waals surface area contributed by atoms with Crippen LogP contribution in [0.25, 0.3) is 0 Å². The van der Waals surface area contributed by atoms with E-state index in [0.29, 0.717) is 47.9 Å². The van der Waals surface area contributed by atoms with Gasteiger partial charge < -0.3 is 16.8 Å². The van der Waals surface area contributed by atoms with E-state index in [1.807, 2.05) is 0 Å². The Hall–Kier alpha value is -2.00. The molecule has 1 unspecified atom stereocenters. The van der Waals surface area contributed by atoms with E-state index in [2.05, 4.69) is 20.2 Å². The highest BCUT2D eigenvalue weighted by Gasteiger charge is 2.29. The van der Waals surface area contributed by atoms with E-state index in [9.17, 15) is 4.79 Å². The smallest absolute Gasteiger partial charge is 0.292 e. The summed E-state index contributed by atoms with van der Waals surface area (Å²) in [6.45, 7) is 3.41. The molecule has 0 aliphatic carbocycles. The number of nitrogens with two attached hydrogens (primary N) is 2. The minimum absolute atomic E-state index is 0.105. The van der Waals surface area contributed by atoms with Gasteiger partial charge in [-0.1, -0.05) is 23.2 Å². The summed E-state index contributed by atoms with van der Waals surface area (Å²) in [5.41, 5.74) is 12.7. The van der Waals surface area contributed by atoms with E-state index in [4.69, 9.17) is 40.1 Å². The Morgan fingerprint density at radius 2 is 2.10 bits per heavy atom. The molecule has 0 aromatic heterocycles. The summed E-state index contributed by atoms with van der Waals surface area (Å²) < 4.78 is 0. The second-order valence-corrected chi connectivity index (χ2v) is 8.19. The second-order valence-electron chi connectivity index (χ2n) is 7.35. The lowest BCUT2D eigenvalue weighted by Crippen LogP contribution is -2.50. The molecule has 156 valence electrons. The topological polar surface area (TPSA) is 133 Å². The van der Waals surface area contributed by atoms with Crippen LogP contribution in [0.4, 0.5) is 0 Å². The van der Waals surface area contributed by atoms with Crippen LogP contribution in [0.15, 0.2) is 28.2 Å². The molecule has 1 atom stereocenters. The number of hydrogen-bond acceptors (Lipinski definition) is 6. The van der Waals surface area contributed by atoms with E-state index in [1.54, 1.807) is 18.2 Å². The number of carbonyl (C=O) groups is 1. The van der Waals surface area contributed by atoms with Crippen LogP contribution in [0.5, 0.6) is 0 Å². The number of amides is 1. The summed E-state index contributed by atoms with van der Waals surface area (Å²) in [5, 5.41) is 12.5. The first-order chi connectivity index (χ1) is 13.8. The molecule has 0 bridgehead atoms. The predicted octanol–water partition coefficient (Wildman–Crippen LogP) is 1.44. The van der Waals surface area contributed by atoms with E-state index in [-0.39, 0.29) is 24.0 Å². The largest absolute Gasteiger partial charge is 0.387 e. The molecule has 1 saturated heterocycles. The van der Waals surface area contributed by atoms with E-state index in [0.717, 1.165) is 18.7 Å². The Balaban J connectivity index is 1.67. The lowest BCUT2D eigenvalue weighted by molar-refractivity contribution is -0.112. The van der Waals surface area contributed by atoms with Gasteiger partial charge in [0.05, 0.1) is 12.6 Å². The summed E-state index contributed by atoms with van der Waals surface area (Å²) in [6, 6.07) is 4.89. The molecule has 2 aliphatic rings. The molecule has 1 amide bonds. The van der Waals surface area contributed by atoms with Gasteiger partial charge in [0, 0.05) is 36.0 Å². The molecule has 0 radical (unpaired) electrons. The second kappa shape index (κ2) is 9.67. The summed E-state index contributed by atoms with van der Waals surface area (Å²) in [6.07, 6.45) is 0.659. The number of benzene rings is 1. The van der Waals surface area contributed by atoms with Crippen LogP contribution in [-0.2, 0) is 11.3 Å². The molecular formula is C19H25Cl2N7O. The summed E-state index contributed by atoms with van der Waals surface area (Å²) in [5.74, 6) is 0.428. The Labute approximate surface area is 179 Å². The van der Waals surface area contributed by atoms with Crippen molar-refractivity contribution in [3.8, 4) is 0 Å². The Morgan fingerprint density at radius 1 is 1.34 bits per heavy atom. The Bertz CT molecular complexity index is 851. The van der Waals surface area contributed by atoms with Crippen molar-refractivity contribution < 1.29 is 4.79 Å². The van der Waals surface area contributed by atoms with Crippen LogP contribution in [-0.4, -0.2) is 60.4 Å². The molecule has 2 aliphatic heterocycles. The van der Waals surface area contributed by atoms with Crippen molar-refractivity contribution in [1.29, 1.82) is 5.41 Å². The monoisotopic (exact) mass is 437 g/mol. The first kappa shape index (κ1) is 21.7. The van der Waals surface area contributed by atoms with Crippen molar-refractivity contribution in [2.75, 3.05) is 26.2 Å². The average Bonchev–Trinajstić information content (AvgIpc) is 2.64.